The lowest BCUT2D eigenvalue weighted by Gasteiger charge is -2.14. The topological polar surface area (TPSA) is 135 Å². The Morgan fingerprint density at radius 1 is 1.08 bits per heavy atom. The summed E-state index contributed by atoms with van der Waals surface area (Å²) in [5, 5.41) is 10.8. The van der Waals surface area contributed by atoms with Crippen molar-refractivity contribution in [2.24, 2.45) is 0 Å². The van der Waals surface area contributed by atoms with Crippen molar-refractivity contribution >= 4 is 23.4 Å². The van der Waals surface area contributed by atoms with Gasteiger partial charge in [-0.1, -0.05) is 30.0 Å². The Bertz CT molecular complexity index is 1520. The third-order valence-corrected chi connectivity index (χ3v) is 5.94. The standard InChI is InChI=1S/C23H19F3N6O4S/c1-36-15-6-4-5-14(11-15)32-18(9-13-10-19(33)29-21(35)27-13)30-31-22(32)37-12-20(34)28-17-8-3-2-7-16(17)23(24,25)26/h2-8,10-11H,9,12H2,1H3,(H,28,34)(H2,27,29,33,35). The average Bonchev–Trinajstić information content (AvgIpc) is 3.24. The summed E-state index contributed by atoms with van der Waals surface area (Å²) >= 11 is 0.949. The van der Waals surface area contributed by atoms with Gasteiger partial charge in [-0.3, -0.25) is 19.1 Å². The summed E-state index contributed by atoms with van der Waals surface area (Å²) in [6.45, 7) is 0. The second kappa shape index (κ2) is 10.7. The maximum atomic E-state index is 13.3. The Kier molecular flexibility index (Phi) is 7.47. The molecule has 4 aromatic rings. The van der Waals surface area contributed by atoms with Crippen LogP contribution in [-0.4, -0.2) is 43.5 Å². The molecule has 0 aliphatic carbocycles. The van der Waals surface area contributed by atoms with Gasteiger partial charge in [0.2, 0.25) is 5.91 Å². The highest BCUT2D eigenvalue weighted by molar-refractivity contribution is 7.99. The Morgan fingerprint density at radius 3 is 2.59 bits per heavy atom. The van der Waals surface area contributed by atoms with E-state index in [1.54, 1.807) is 28.8 Å². The van der Waals surface area contributed by atoms with Crippen LogP contribution < -0.4 is 21.3 Å². The molecule has 2 heterocycles. The number of halogens is 3. The predicted octanol–water partition coefficient (Wildman–Crippen LogP) is 2.99. The Balaban J connectivity index is 1.61. The molecule has 0 atom stereocenters. The zero-order valence-corrected chi connectivity index (χ0v) is 19.9. The number of aromatic amines is 2. The Morgan fingerprint density at radius 2 is 1.86 bits per heavy atom. The molecule has 0 saturated heterocycles. The summed E-state index contributed by atoms with van der Waals surface area (Å²) in [5.74, 6) is -0.0859. The molecule has 4 rings (SSSR count). The summed E-state index contributed by atoms with van der Waals surface area (Å²) in [6, 6.07) is 12.8. The smallest absolute Gasteiger partial charge is 0.418 e. The first-order valence-corrected chi connectivity index (χ1v) is 11.6. The molecule has 2 aromatic carbocycles. The largest absolute Gasteiger partial charge is 0.497 e. The number of alkyl halides is 3. The van der Waals surface area contributed by atoms with Gasteiger partial charge in [-0.05, 0) is 24.3 Å². The van der Waals surface area contributed by atoms with E-state index >= 15 is 0 Å². The number of carbonyl (C=O) groups is 1. The fourth-order valence-electron chi connectivity index (χ4n) is 3.46. The van der Waals surface area contributed by atoms with Gasteiger partial charge in [0, 0.05) is 24.2 Å². The normalized spacial score (nSPS) is 11.4. The van der Waals surface area contributed by atoms with Crippen molar-refractivity contribution in [3.63, 3.8) is 0 Å². The van der Waals surface area contributed by atoms with Crippen molar-refractivity contribution in [1.29, 1.82) is 0 Å². The molecule has 2 aromatic heterocycles. The monoisotopic (exact) mass is 532 g/mol. The highest BCUT2D eigenvalue weighted by Crippen LogP contribution is 2.34. The number of rotatable bonds is 8. The highest BCUT2D eigenvalue weighted by atomic mass is 32.2. The predicted molar refractivity (Wildman–Crippen MR) is 129 cm³/mol. The van der Waals surface area contributed by atoms with Crippen LogP contribution in [0.2, 0.25) is 0 Å². The van der Waals surface area contributed by atoms with Crippen molar-refractivity contribution < 1.29 is 22.7 Å². The molecule has 14 heteroatoms. The van der Waals surface area contributed by atoms with E-state index in [-0.39, 0.29) is 28.7 Å². The average molecular weight is 533 g/mol. The molecule has 0 spiro atoms. The number of ether oxygens (including phenoxy) is 1. The van der Waals surface area contributed by atoms with Crippen molar-refractivity contribution in [2.45, 2.75) is 17.8 Å². The lowest BCUT2D eigenvalue weighted by molar-refractivity contribution is -0.137. The summed E-state index contributed by atoms with van der Waals surface area (Å²) in [7, 11) is 1.49. The molecule has 0 unspecified atom stereocenters. The van der Waals surface area contributed by atoms with E-state index in [0.29, 0.717) is 17.3 Å². The molecule has 3 N–H and O–H groups in total. The minimum Gasteiger partial charge on any atom is -0.497 e. The van der Waals surface area contributed by atoms with Crippen LogP contribution in [0.15, 0.2) is 69.3 Å². The van der Waals surface area contributed by atoms with Gasteiger partial charge in [-0.2, -0.15) is 13.2 Å². The van der Waals surface area contributed by atoms with Crippen molar-refractivity contribution in [3.05, 3.63) is 92.5 Å². The highest BCUT2D eigenvalue weighted by Gasteiger charge is 2.33. The number of carbonyl (C=O) groups excluding carboxylic acids is 1. The molecule has 0 fully saturated rings. The van der Waals surface area contributed by atoms with Crippen LogP contribution in [0.5, 0.6) is 5.75 Å². The van der Waals surface area contributed by atoms with E-state index in [4.69, 9.17) is 4.74 Å². The number of amides is 1. The minimum atomic E-state index is -4.63. The Labute approximate surface area is 210 Å². The number of methoxy groups -OCH3 is 1. The molecule has 0 aliphatic rings. The molecule has 37 heavy (non-hydrogen) atoms. The molecular formula is C23H19F3N6O4S. The molecule has 10 nitrogen and oxygen atoms in total. The van der Waals surface area contributed by atoms with Crippen LogP contribution in [0.4, 0.5) is 18.9 Å². The van der Waals surface area contributed by atoms with Crippen LogP contribution in [0.25, 0.3) is 5.69 Å². The molecule has 1 amide bonds. The van der Waals surface area contributed by atoms with Crippen LogP contribution in [-0.2, 0) is 17.4 Å². The van der Waals surface area contributed by atoms with Crippen LogP contribution in [0, 0.1) is 0 Å². The van der Waals surface area contributed by atoms with Gasteiger partial charge in [-0.25, -0.2) is 4.79 Å². The first-order valence-electron chi connectivity index (χ1n) is 10.6. The fraction of sp³-hybridized carbons (Fsp3) is 0.174. The second-order valence-electron chi connectivity index (χ2n) is 7.61. The number of thioether (sulfide) groups is 1. The summed E-state index contributed by atoms with van der Waals surface area (Å²) < 4.78 is 46.6. The number of benzene rings is 2. The van der Waals surface area contributed by atoms with E-state index in [0.717, 1.165) is 17.8 Å². The minimum absolute atomic E-state index is 0.0229. The van der Waals surface area contributed by atoms with Crippen molar-refractivity contribution in [3.8, 4) is 11.4 Å². The number of para-hydroxylation sites is 1. The number of hydrogen-bond acceptors (Lipinski definition) is 7. The molecule has 192 valence electrons. The first-order chi connectivity index (χ1) is 17.6. The third-order valence-electron chi connectivity index (χ3n) is 5.02. The molecule has 0 radical (unpaired) electrons. The number of anilines is 1. The number of aromatic nitrogens is 5. The lowest BCUT2D eigenvalue weighted by Crippen LogP contribution is -2.23. The van der Waals surface area contributed by atoms with Crippen molar-refractivity contribution in [2.75, 3.05) is 18.2 Å². The maximum Gasteiger partial charge on any atom is 0.418 e. The molecule has 0 saturated carbocycles. The second-order valence-corrected chi connectivity index (χ2v) is 8.55. The van der Waals surface area contributed by atoms with E-state index in [9.17, 15) is 27.6 Å². The van der Waals surface area contributed by atoms with Crippen LogP contribution in [0.3, 0.4) is 0 Å². The maximum absolute atomic E-state index is 13.3. The van der Waals surface area contributed by atoms with Gasteiger partial charge >= 0.3 is 11.9 Å². The summed E-state index contributed by atoms with van der Waals surface area (Å²) in [4.78, 5) is 40.5. The van der Waals surface area contributed by atoms with Crippen molar-refractivity contribution in [1.82, 2.24) is 24.7 Å². The number of nitrogens with one attached hydrogen (secondary N) is 3. The van der Waals surface area contributed by atoms with Gasteiger partial charge in [-0.15, -0.1) is 10.2 Å². The van der Waals surface area contributed by atoms with Gasteiger partial charge in [0.05, 0.1) is 29.8 Å². The first kappa shape index (κ1) is 25.8. The van der Waals surface area contributed by atoms with Crippen LogP contribution >= 0.6 is 11.8 Å². The quantitative estimate of drug-likeness (QED) is 0.297. The SMILES string of the molecule is COc1cccc(-n2c(Cc3cc(=O)[nH]c(=O)[nH]3)nnc2SCC(=O)Nc2ccccc2C(F)(F)F)c1. The Hall–Kier alpha value is -4.33. The van der Waals surface area contributed by atoms with Gasteiger partial charge < -0.3 is 15.0 Å². The third kappa shape index (κ3) is 6.27. The zero-order chi connectivity index (χ0) is 26.6. The van der Waals surface area contributed by atoms with E-state index in [2.05, 4.69) is 25.5 Å². The summed E-state index contributed by atoms with van der Waals surface area (Å²) in [5.41, 5.74) is -1.73. The molecule has 0 bridgehead atoms. The van der Waals surface area contributed by atoms with Gasteiger partial charge in [0.15, 0.2) is 5.16 Å². The fourth-order valence-corrected chi connectivity index (χ4v) is 4.23. The molecular weight excluding hydrogens is 513 g/mol. The van der Waals surface area contributed by atoms with Crippen LogP contribution in [0.1, 0.15) is 17.1 Å². The zero-order valence-electron chi connectivity index (χ0n) is 19.1. The van der Waals surface area contributed by atoms with Gasteiger partial charge in [0.1, 0.15) is 11.6 Å². The molecule has 0 aliphatic heterocycles. The summed E-state index contributed by atoms with van der Waals surface area (Å²) in [6.07, 6.45) is -4.60. The van der Waals surface area contributed by atoms with Gasteiger partial charge in [0.25, 0.3) is 5.56 Å². The number of H-pyrrole nitrogens is 2. The lowest BCUT2D eigenvalue weighted by atomic mass is 10.1. The van der Waals surface area contributed by atoms with E-state index in [1.165, 1.54) is 31.4 Å². The number of hydrogen-bond donors (Lipinski definition) is 3. The number of nitrogens with zero attached hydrogens (tertiary/aromatic N) is 3. The van der Waals surface area contributed by atoms with E-state index in [1.807, 2.05) is 0 Å². The van der Waals surface area contributed by atoms with E-state index < -0.39 is 28.9 Å².